The second-order valence-electron chi connectivity index (χ2n) is 17.3. The molecule has 0 atom stereocenters. The summed E-state index contributed by atoms with van der Waals surface area (Å²) in [5, 5.41) is 7.24. The number of carbonyl (C=O) groups is 3. The number of amides is 2. The molecule has 13 nitrogen and oxygen atoms in total. The Labute approximate surface area is 362 Å². The number of halogens is 2. The van der Waals surface area contributed by atoms with Crippen molar-refractivity contribution in [2.24, 2.45) is 18.9 Å². The van der Waals surface area contributed by atoms with Crippen LogP contribution in [0.5, 0.6) is 5.88 Å². The van der Waals surface area contributed by atoms with Crippen LogP contribution in [0.15, 0.2) is 42.6 Å². The maximum atomic E-state index is 13.8. The molecule has 0 radical (unpaired) electrons. The van der Waals surface area contributed by atoms with E-state index in [0.717, 1.165) is 88.1 Å². The van der Waals surface area contributed by atoms with Crippen molar-refractivity contribution in [2.45, 2.75) is 97.4 Å². The number of nitrogens with one attached hydrogen (secondary N) is 2. The number of ether oxygens (including phenoxy) is 2. The fraction of sp³-hybridized carbons (Fsp3) is 0.511. The van der Waals surface area contributed by atoms with Crippen LogP contribution in [-0.4, -0.2) is 92.0 Å². The predicted octanol–water partition coefficient (Wildman–Crippen LogP) is 7.72. The highest BCUT2D eigenvalue weighted by Crippen LogP contribution is 2.40. The zero-order chi connectivity index (χ0) is 42.7. The Morgan fingerprint density at radius 3 is 2.37 bits per heavy atom. The number of hydrogen-bond acceptors (Lipinski definition) is 10. The van der Waals surface area contributed by atoms with Crippen LogP contribution in [-0.2, 0) is 40.9 Å². The summed E-state index contributed by atoms with van der Waals surface area (Å²) in [6.07, 6.45) is 7.94. The number of methoxy groups -OCH3 is 1. The predicted molar refractivity (Wildman–Crippen MR) is 233 cm³/mol. The van der Waals surface area contributed by atoms with Gasteiger partial charge < -0.3 is 29.6 Å². The maximum Gasteiger partial charge on any atom is 0.309 e. The molecule has 1 aromatic carbocycles. The molecule has 15 heteroatoms. The molecule has 1 saturated carbocycles. The highest BCUT2D eigenvalue weighted by molar-refractivity contribution is 6.39. The molecule has 2 N–H and O–H groups in total. The fourth-order valence-electron chi connectivity index (χ4n) is 8.67. The molecule has 4 aromatic rings. The summed E-state index contributed by atoms with van der Waals surface area (Å²) in [5.41, 5.74) is 5.09. The van der Waals surface area contributed by atoms with E-state index in [1.165, 1.54) is 0 Å². The summed E-state index contributed by atoms with van der Waals surface area (Å²) < 4.78 is 13.2. The van der Waals surface area contributed by atoms with Gasteiger partial charge in [-0.05, 0) is 83.4 Å². The minimum Gasteiger partial charge on any atom is -0.481 e. The second-order valence-corrected chi connectivity index (χ2v) is 18.0. The standard InChI is InChI=1S/C45H56Cl2N8O5/c1-27(56)55-22-17-31(18-23-55)49-24-30-14-15-34(52-43(30)59-6)32-16-20-48-40(39(32)47)33-8-7-9-35(38(33)46)51-42(57)41-50-36-26-54(21-19-37(36)53(41)5)25-28-10-12-29(13-11-28)44(58)60-45(2,3)4/h7-9,14-16,20,28-29,31,49H,10-13,17-19,21-26H2,1-6H3,(H,51,57). The van der Waals surface area contributed by atoms with Crippen LogP contribution < -0.4 is 15.4 Å². The van der Waals surface area contributed by atoms with Crippen molar-refractivity contribution >= 4 is 46.7 Å². The number of piperidine rings is 1. The Hall–Kier alpha value is -4.56. The zero-order valence-electron chi connectivity index (χ0n) is 35.4. The van der Waals surface area contributed by atoms with Gasteiger partial charge in [-0.15, -0.1) is 0 Å². The van der Waals surface area contributed by atoms with E-state index >= 15 is 0 Å². The van der Waals surface area contributed by atoms with Crippen molar-refractivity contribution in [1.29, 1.82) is 0 Å². The molecule has 2 aliphatic heterocycles. The number of carbonyl (C=O) groups excluding carboxylic acids is 3. The number of hydrogen-bond donors (Lipinski definition) is 2. The summed E-state index contributed by atoms with van der Waals surface area (Å²) in [6.45, 7) is 11.9. The minimum atomic E-state index is -0.465. The third-order valence-corrected chi connectivity index (χ3v) is 12.8. The van der Waals surface area contributed by atoms with Crippen molar-refractivity contribution in [1.82, 2.24) is 34.6 Å². The summed E-state index contributed by atoms with van der Waals surface area (Å²) in [7, 11) is 3.48. The van der Waals surface area contributed by atoms with Crippen LogP contribution in [0.4, 0.5) is 5.69 Å². The number of aromatic nitrogens is 4. The third kappa shape index (κ3) is 9.96. The van der Waals surface area contributed by atoms with E-state index in [-0.39, 0.29) is 23.7 Å². The van der Waals surface area contributed by atoms with Crippen LogP contribution in [0.3, 0.4) is 0 Å². The van der Waals surface area contributed by atoms with Gasteiger partial charge in [0.1, 0.15) is 5.60 Å². The van der Waals surface area contributed by atoms with Gasteiger partial charge in [-0.3, -0.25) is 24.3 Å². The molecule has 0 unspecified atom stereocenters. The molecule has 3 aromatic heterocycles. The number of likely N-dealkylation sites (tertiary alicyclic amines) is 1. The molecule has 0 spiro atoms. The van der Waals surface area contributed by atoms with Crippen molar-refractivity contribution in [2.75, 3.05) is 38.6 Å². The van der Waals surface area contributed by atoms with Crippen molar-refractivity contribution in [3.63, 3.8) is 0 Å². The minimum absolute atomic E-state index is 0.0210. The van der Waals surface area contributed by atoms with E-state index in [2.05, 4.69) is 20.5 Å². The average molecular weight is 860 g/mol. The topological polar surface area (TPSA) is 144 Å². The van der Waals surface area contributed by atoms with E-state index in [4.69, 9.17) is 42.6 Å². The molecule has 0 bridgehead atoms. The largest absolute Gasteiger partial charge is 0.481 e. The average Bonchev–Trinajstić information content (AvgIpc) is 3.56. The number of pyridine rings is 2. The fourth-order valence-corrected chi connectivity index (χ4v) is 9.25. The Balaban J connectivity index is 0.994. The zero-order valence-corrected chi connectivity index (χ0v) is 37.0. The first-order valence-corrected chi connectivity index (χ1v) is 21.7. The first-order chi connectivity index (χ1) is 28.7. The van der Waals surface area contributed by atoms with Crippen LogP contribution in [0, 0.1) is 11.8 Å². The van der Waals surface area contributed by atoms with Gasteiger partial charge in [0, 0.05) is 94.3 Å². The van der Waals surface area contributed by atoms with Gasteiger partial charge in [0.15, 0.2) is 5.82 Å². The van der Waals surface area contributed by atoms with E-state index < -0.39 is 5.60 Å². The summed E-state index contributed by atoms with van der Waals surface area (Å²) in [6, 6.07) is 11.4. The molecule has 2 fully saturated rings. The van der Waals surface area contributed by atoms with Gasteiger partial charge in [-0.1, -0.05) is 41.4 Å². The Kier molecular flexibility index (Phi) is 13.5. The van der Waals surface area contributed by atoms with Crippen LogP contribution in [0.1, 0.15) is 93.8 Å². The van der Waals surface area contributed by atoms with E-state index in [1.807, 2.05) is 55.5 Å². The maximum absolute atomic E-state index is 13.8. The number of anilines is 1. The molecular weight excluding hydrogens is 803 g/mol. The molecule has 2 amide bonds. The molecule has 1 saturated heterocycles. The van der Waals surface area contributed by atoms with Gasteiger partial charge >= 0.3 is 5.97 Å². The van der Waals surface area contributed by atoms with Crippen LogP contribution in [0.25, 0.3) is 22.5 Å². The lowest BCUT2D eigenvalue weighted by Crippen LogP contribution is -2.44. The number of fused-ring (bicyclic) bond motifs is 1. The Morgan fingerprint density at radius 2 is 1.67 bits per heavy atom. The van der Waals surface area contributed by atoms with Gasteiger partial charge in [0.05, 0.1) is 45.8 Å². The number of benzene rings is 1. The SMILES string of the molecule is COc1nc(-c2ccnc(-c3cccc(NC(=O)c4nc5c(n4C)CCN(CC4CCC(C(=O)OC(C)(C)C)CC4)C5)c3Cl)c2Cl)ccc1CNC1CCN(C(C)=O)CC1. The third-order valence-electron chi connectivity index (χ3n) is 12.0. The Morgan fingerprint density at radius 1 is 0.917 bits per heavy atom. The first-order valence-electron chi connectivity index (χ1n) is 21.0. The summed E-state index contributed by atoms with van der Waals surface area (Å²) >= 11 is 14.1. The highest BCUT2D eigenvalue weighted by Gasteiger charge is 2.33. The summed E-state index contributed by atoms with van der Waals surface area (Å²) in [5.74, 6) is 0.970. The van der Waals surface area contributed by atoms with Crippen molar-refractivity contribution in [3.05, 3.63) is 75.4 Å². The number of imidazole rings is 1. The molecule has 7 rings (SSSR count). The monoisotopic (exact) mass is 858 g/mol. The van der Waals surface area contributed by atoms with Gasteiger partial charge in [-0.25, -0.2) is 9.97 Å². The summed E-state index contributed by atoms with van der Waals surface area (Å²) in [4.78, 5) is 56.7. The second kappa shape index (κ2) is 18.6. The quantitative estimate of drug-likeness (QED) is 0.144. The smallest absolute Gasteiger partial charge is 0.309 e. The van der Waals surface area contributed by atoms with Crippen molar-refractivity contribution in [3.8, 4) is 28.4 Å². The normalized spacial score (nSPS) is 18.8. The van der Waals surface area contributed by atoms with Crippen LogP contribution >= 0.6 is 23.2 Å². The first kappa shape index (κ1) is 43.5. The number of esters is 1. The lowest BCUT2D eigenvalue weighted by Gasteiger charge is -2.34. The van der Waals surface area contributed by atoms with Gasteiger partial charge in [-0.2, -0.15) is 0 Å². The molecule has 1 aliphatic carbocycles. The van der Waals surface area contributed by atoms with E-state index in [1.54, 1.807) is 38.4 Å². The molecule has 320 valence electrons. The number of rotatable bonds is 11. The highest BCUT2D eigenvalue weighted by atomic mass is 35.5. The lowest BCUT2D eigenvalue weighted by molar-refractivity contribution is -0.161. The van der Waals surface area contributed by atoms with Crippen LogP contribution in [0.2, 0.25) is 10.0 Å². The molecule has 3 aliphatic rings. The van der Waals surface area contributed by atoms with Crippen molar-refractivity contribution < 1.29 is 23.9 Å². The molecular formula is C45H56Cl2N8O5. The molecule has 60 heavy (non-hydrogen) atoms. The lowest BCUT2D eigenvalue weighted by atomic mass is 9.81. The number of nitrogens with zero attached hydrogens (tertiary/aromatic N) is 6. The van der Waals surface area contributed by atoms with E-state index in [9.17, 15) is 14.4 Å². The van der Waals surface area contributed by atoms with Gasteiger partial charge in [0.25, 0.3) is 5.91 Å². The van der Waals surface area contributed by atoms with Gasteiger partial charge in [0.2, 0.25) is 11.8 Å². The Bertz CT molecular complexity index is 2220. The molecule has 5 heterocycles. The van der Waals surface area contributed by atoms with E-state index in [0.29, 0.717) is 75.0 Å².